The molecule has 3 heterocycles. The van der Waals surface area contributed by atoms with Gasteiger partial charge in [-0.15, -0.1) is 11.3 Å². The summed E-state index contributed by atoms with van der Waals surface area (Å²) in [7, 11) is 0. The van der Waals surface area contributed by atoms with Crippen molar-refractivity contribution in [1.82, 2.24) is 4.57 Å². The Labute approximate surface area is 326 Å². The van der Waals surface area contributed by atoms with Gasteiger partial charge in [-0.1, -0.05) is 115 Å². The number of nitrogens with zero attached hydrogens (tertiary/aromatic N) is 2. The molecule has 0 spiro atoms. The minimum Gasteiger partial charge on any atom is -0.455 e. The first-order valence-electron chi connectivity index (χ1n) is 19.0. The molecule has 12 rings (SSSR count). The molecule has 0 bridgehead atoms. The Kier molecular flexibility index (Phi) is 6.80. The highest BCUT2D eigenvalue weighted by atomic mass is 32.1. The normalized spacial score (nSPS) is 11.9. The minimum atomic E-state index is 0.886. The maximum absolute atomic E-state index is 6.67. The quantitative estimate of drug-likeness (QED) is 0.176. The molecule has 0 saturated heterocycles. The van der Waals surface area contributed by atoms with E-state index < -0.39 is 0 Å². The lowest BCUT2D eigenvalue weighted by molar-refractivity contribution is 0.673. The number of anilines is 3. The van der Waals surface area contributed by atoms with Crippen molar-refractivity contribution in [3.8, 4) is 16.8 Å². The summed E-state index contributed by atoms with van der Waals surface area (Å²) in [6, 6.07) is 70.3. The van der Waals surface area contributed by atoms with Gasteiger partial charge >= 0.3 is 0 Å². The molecule has 0 aliphatic heterocycles. The molecule has 0 N–H and O–H groups in total. The predicted molar refractivity (Wildman–Crippen MR) is 239 cm³/mol. The van der Waals surface area contributed by atoms with Crippen molar-refractivity contribution in [2.24, 2.45) is 0 Å². The number of furan rings is 1. The van der Waals surface area contributed by atoms with Crippen LogP contribution in [0.4, 0.5) is 17.1 Å². The van der Waals surface area contributed by atoms with Crippen LogP contribution in [0.1, 0.15) is 0 Å². The van der Waals surface area contributed by atoms with E-state index in [4.69, 9.17) is 4.42 Å². The number of para-hydroxylation sites is 3. The summed E-state index contributed by atoms with van der Waals surface area (Å²) in [5.74, 6) is 0. The van der Waals surface area contributed by atoms with E-state index in [1.165, 1.54) is 47.4 Å². The van der Waals surface area contributed by atoms with Gasteiger partial charge in [0.1, 0.15) is 11.2 Å². The molecule has 56 heavy (non-hydrogen) atoms. The average molecular weight is 733 g/mol. The van der Waals surface area contributed by atoms with Crippen LogP contribution in [0, 0.1) is 0 Å². The van der Waals surface area contributed by atoms with Gasteiger partial charge in [0.15, 0.2) is 0 Å². The first-order chi connectivity index (χ1) is 27.8. The molecule has 0 unspecified atom stereocenters. The third-order valence-corrected chi connectivity index (χ3v) is 12.5. The molecular formula is C52H32N2OS. The Bertz CT molecular complexity index is 3440. The summed E-state index contributed by atoms with van der Waals surface area (Å²) in [6.45, 7) is 0. The van der Waals surface area contributed by atoms with Gasteiger partial charge in [0.2, 0.25) is 0 Å². The van der Waals surface area contributed by atoms with Gasteiger partial charge in [0.25, 0.3) is 0 Å². The second-order valence-corrected chi connectivity index (χ2v) is 15.5. The molecule has 0 aliphatic rings. The molecule has 0 amide bonds. The SMILES string of the molecule is c1ccc(N(c2ccc(-n3c4ccccc4c4ccccc43)cc2)c2ccc3sc4ccccc4c3c2)c(-c2cccc3oc4c5ccccc5ccc4c23)c1. The standard InChI is InChI=1S/C52H32N2OS/c1-2-13-37-33(12-1)24-30-43-51-42(18-11-22-48(51)55-52(37)43)40-16-5-7-19-45(40)53(36-29-31-50-44(32-36)41-17-6-10-23-49(41)56-50)34-25-27-35(28-26-34)54-46-20-8-3-14-38(46)39-15-4-9-21-47(39)54/h1-32H. The molecule has 0 aliphatic carbocycles. The first kappa shape index (κ1) is 31.2. The molecule has 0 atom stereocenters. The van der Waals surface area contributed by atoms with Gasteiger partial charge in [0.05, 0.1) is 16.7 Å². The molecule has 3 nitrogen and oxygen atoms in total. The van der Waals surface area contributed by atoms with Crippen molar-refractivity contribution in [3.05, 3.63) is 194 Å². The van der Waals surface area contributed by atoms with Crippen molar-refractivity contribution in [2.75, 3.05) is 4.90 Å². The lowest BCUT2D eigenvalue weighted by Crippen LogP contribution is -2.11. The van der Waals surface area contributed by atoms with E-state index in [0.29, 0.717) is 0 Å². The minimum absolute atomic E-state index is 0.886. The first-order valence-corrected chi connectivity index (χ1v) is 19.8. The van der Waals surface area contributed by atoms with E-state index in [1.54, 1.807) is 0 Å². The summed E-state index contributed by atoms with van der Waals surface area (Å²) < 4.78 is 11.6. The summed E-state index contributed by atoms with van der Waals surface area (Å²) in [4.78, 5) is 2.42. The Morgan fingerprint density at radius 3 is 1.89 bits per heavy atom. The highest BCUT2D eigenvalue weighted by molar-refractivity contribution is 7.25. The van der Waals surface area contributed by atoms with E-state index in [-0.39, 0.29) is 0 Å². The lowest BCUT2D eigenvalue weighted by atomic mass is 9.96. The Morgan fingerprint density at radius 1 is 0.429 bits per heavy atom. The molecule has 0 fully saturated rings. The van der Waals surface area contributed by atoms with Crippen LogP contribution in [0.3, 0.4) is 0 Å². The van der Waals surface area contributed by atoms with Crippen LogP contribution in [0.25, 0.3) is 91.5 Å². The zero-order valence-electron chi connectivity index (χ0n) is 30.2. The Morgan fingerprint density at radius 2 is 1.07 bits per heavy atom. The van der Waals surface area contributed by atoms with Gasteiger partial charge in [0, 0.05) is 69.7 Å². The number of rotatable bonds is 5. The largest absolute Gasteiger partial charge is 0.455 e. The molecule has 3 aromatic heterocycles. The van der Waals surface area contributed by atoms with E-state index in [1.807, 2.05) is 11.3 Å². The van der Waals surface area contributed by atoms with Crippen LogP contribution in [0.5, 0.6) is 0 Å². The van der Waals surface area contributed by atoms with Gasteiger partial charge in [-0.2, -0.15) is 0 Å². The van der Waals surface area contributed by atoms with Gasteiger partial charge in [-0.3, -0.25) is 0 Å². The van der Waals surface area contributed by atoms with E-state index in [9.17, 15) is 0 Å². The third kappa shape index (κ3) is 4.63. The van der Waals surface area contributed by atoms with Crippen LogP contribution in [0.15, 0.2) is 199 Å². The van der Waals surface area contributed by atoms with Crippen molar-refractivity contribution in [1.29, 1.82) is 0 Å². The Balaban J connectivity index is 1.09. The van der Waals surface area contributed by atoms with Crippen molar-refractivity contribution < 1.29 is 4.42 Å². The van der Waals surface area contributed by atoms with Crippen molar-refractivity contribution in [3.63, 3.8) is 0 Å². The van der Waals surface area contributed by atoms with Gasteiger partial charge < -0.3 is 13.9 Å². The maximum Gasteiger partial charge on any atom is 0.143 e. The molecule has 0 saturated carbocycles. The van der Waals surface area contributed by atoms with Crippen LogP contribution >= 0.6 is 11.3 Å². The molecule has 12 aromatic rings. The maximum atomic E-state index is 6.67. The highest BCUT2D eigenvalue weighted by Gasteiger charge is 2.22. The highest BCUT2D eigenvalue weighted by Crippen LogP contribution is 2.47. The topological polar surface area (TPSA) is 21.3 Å². The number of benzene rings is 9. The predicted octanol–water partition coefficient (Wildman–Crippen LogP) is 15.3. The smallest absolute Gasteiger partial charge is 0.143 e. The van der Waals surface area contributed by atoms with E-state index in [2.05, 4.69) is 204 Å². The zero-order chi connectivity index (χ0) is 36.7. The van der Waals surface area contributed by atoms with Crippen LogP contribution in [0.2, 0.25) is 0 Å². The van der Waals surface area contributed by atoms with Crippen LogP contribution in [-0.4, -0.2) is 4.57 Å². The molecular weight excluding hydrogens is 701 g/mol. The monoisotopic (exact) mass is 732 g/mol. The molecule has 262 valence electrons. The summed E-state index contributed by atoms with van der Waals surface area (Å²) in [5.41, 5.74) is 10.9. The van der Waals surface area contributed by atoms with E-state index >= 15 is 0 Å². The van der Waals surface area contributed by atoms with Crippen molar-refractivity contribution in [2.45, 2.75) is 0 Å². The lowest BCUT2D eigenvalue weighted by Gasteiger charge is -2.28. The number of thiophene rings is 1. The number of hydrogen-bond acceptors (Lipinski definition) is 3. The van der Waals surface area contributed by atoms with Crippen LogP contribution in [-0.2, 0) is 0 Å². The number of aromatic nitrogens is 1. The fourth-order valence-electron chi connectivity index (χ4n) is 8.91. The van der Waals surface area contributed by atoms with Crippen molar-refractivity contribution >= 4 is 103 Å². The van der Waals surface area contributed by atoms with E-state index in [0.717, 1.165) is 61.2 Å². The zero-order valence-corrected chi connectivity index (χ0v) is 31.0. The third-order valence-electron chi connectivity index (χ3n) is 11.4. The average Bonchev–Trinajstić information content (AvgIpc) is 3.94. The second kappa shape index (κ2) is 12.2. The molecule has 4 heteroatoms. The summed E-state index contributed by atoms with van der Waals surface area (Å²) >= 11 is 1.85. The van der Waals surface area contributed by atoms with Crippen LogP contribution < -0.4 is 4.90 Å². The fourth-order valence-corrected chi connectivity index (χ4v) is 9.99. The summed E-state index contributed by atoms with van der Waals surface area (Å²) in [6.07, 6.45) is 0. The second-order valence-electron chi connectivity index (χ2n) is 14.5. The Hall–Kier alpha value is -7.14. The summed E-state index contributed by atoms with van der Waals surface area (Å²) in [5, 5.41) is 9.61. The molecule has 9 aromatic carbocycles. The van der Waals surface area contributed by atoms with Gasteiger partial charge in [-0.05, 0) is 89.8 Å². The number of fused-ring (bicyclic) bond motifs is 11. The fraction of sp³-hybridized carbons (Fsp3) is 0. The number of hydrogen-bond donors (Lipinski definition) is 0. The van der Waals surface area contributed by atoms with Gasteiger partial charge in [-0.25, -0.2) is 0 Å². The molecule has 0 radical (unpaired) electrons.